The Labute approximate surface area is 99.6 Å². The van der Waals surface area contributed by atoms with E-state index in [0.29, 0.717) is 12.4 Å². The summed E-state index contributed by atoms with van der Waals surface area (Å²) in [4.78, 5) is 12.4. The molecule has 1 heterocycles. The van der Waals surface area contributed by atoms with Crippen LogP contribution in [0.4, 0.5) is 0 Å². The predicted octanol–water partition coefficient (Wildman–Crippen LogP) is 3.13. The molecule has 0 aliphatic rings. The van der Waals surface area contributed by atoms with Crippen LogP contribution in [0.1, 0.15) is 29.9 Å². The normalized spacial score (nSPS) is 11.4. The van der Waals surface area contributed by atoms with Crippen molar-refractivity contribution >= 4 is 28.8 Å². The van der Waals surface area contributed by atoms with Gasteiger partial charge in [-0.25, -0.2) is 0 Å². The molecule has 1 rings (SSSR count). The van der Waals surface area contributed by atoms with Crippen LogP contribution in [0.2, 0.25) is 0 Å². The summed E-state index contributed by atoms with van der Waals surface area (Å²) >= 11 is 7.15. The van der Waals surface area contributed by atoms with Crippen molar-refractivity contribution in [3.63, 3.8) is 0 Å². The number of hydrogen-bond donors (Lipinski definition) is 1. The largest absolute Gasteiger partial charge is 0.351 e. The molecule has 1 aromatic rings. The molecule has 15 heavy (non-hydrogen) atoms. The quantitative estimate of drug-likeness (QED) is 0.794. The minimum absolute atomic E-state index is 0.00708. The summed E-state index contributed by atoms with van der Waals surface area (Å²) in [7, 11) is 0. The van der Waals surface area contributed by atoms with Crippen molar-refractivity contribution in [2.75, 3.05) is 12.4 Å². The van der Waals surface area contributed by atoms with Crippen LogP contribution in [-0.4, -0.2) is 18.3 Å². The van der Waals surface area contributed by atoms with Gasteiger partial charge < -0.3 is 5.32 Å². The zero-order valence-electron chi connectivity index (χ0n) is 9.05. The van der Waals surface area contributed by atoms with Gasteiger partial charge >= 0.3 is 0 Å². The first kappa shape index (κ1) is 12.5. The molecule has 0 fully saturated rings. The van der Waals surface area contributed by atoms with Crippen LogP contribution in [0.3, 0.4) is 0 Å². The molecule has 0 aliphatic heterocycles. The third-order valence-electron chi connectivity index (χ3n) is 2.24. The molecule has 0 saturated heterocycles. The monoisotopic (exact) mass is 245 g/mol. The van der Waals surface area contributed by atoms with Gasteiger partial charge in [0.1, 0.15) is 0 Å². The molecular weight excluding hydrogens is 230 g/mol. The average molecular weight is 246 g/mol. The van der Waals surface area contributed by atoms with Crippen molar-refractivity contribution in [2.45, 2.75) is 20.3 Å². The lowest BCUT2D eigenvalue weighted by Crippen LogP contribution is -2.33. The Kier molecular flexibility index (Phi) is 4.61. The fourth-order valence-corrected chi connectivity index (χ4v) is 2.31. The molecule has 2 nitrogen and oxygen atoms in total. The standard InChI is InChI=1S/C11H16ClNOS/c1-11(2,5-6-12)8-13-10(14)9-4-3-7-15-9/h3-4,7H,5-6,8H2,1-2H3,(H,13,14). The van der Waals surface area contributed by atoms with Gasteiger partial charge in [-0.1, -0.05) is 19.9 Å². The Morgan fingerprint density at radius 3 is 2.87 bits per heavy atom. The molecule has 0 aliphatic carbocycles. The maximum atomic E-state index is 11.6. The summed E-state index contributed by atoms with van der Waals surface area (Å²) in [6.07, 6.45) is 0.902. The maximum Gasteiger partial charge on any atom is 0.261 e. The fourth-order valence-electron chi connectivity index (χ4n) is 1.16. The van der Waals surface area contributed by atoms with Crippen molar-refractivity contribution in [1.29, 1.82) is 0 Å². The van der Waals surface area contributed by atoms with E-state index < -0.39 is 0 Å². The number of alkyl halides is 1. The summed E-state index contributed by atoms with van der Waals surface area (Å²) in [5.41, 5.74) is 0.0642. The Balaban J connectivity index is 2.40. The number of carbonyl (C=O) groups is 1. The van der Waals surface area contributed by atoms with Crippen LogP contribution in [0.25, 0.3) is 0 Å². The molecule has 84 valence electrons. The second kappa shape index (κ2) is 5.52. The highest BCUT2D eigenvalue weighted by Crippen LogP contribution is 2.19. The zero-order chi connectivity index (χ0) is 11.3. The fraction of sp³-hybridized carbons (Fsp3) is 0.545. The van der Waals surface area contributed by atoms with E-state index in [1.54, 1.807) is 0 Å². The van der Waals surface area contributed by atoms with E-state index in [0.717, 1.165) is 11.3 Å². The van der Waals surface area contributed by atoms with Crippen LogP contribution in [0.5, 0.6) is 0 Å². The Bertz CT molecular complexity index is 308. The number of halogens is 1. The van der Waals surface area contributed by atoms with Gasteiger partial charge in [-0.3, -0.25) is 4.79 Å². The van der Waals surface area contributed by atoms with Crippen LogP contribution >= 0.6 is 22.9 Å². The number of nitrogens with one attached hydrogen (secondary N) is 1. The van der Waals surface area contributed by atoms with Crippen LogP contribution in [-0.2, 0) is 0 Å². The van der Waals surface area contributed by atoms with E-state index in [4.69, 9.17) is 11.6 Å². The van der Waals surface area contributed by atoms with Crippen molar-refractivity contribution in [2.24, 2.45) is 5.41 Å². The lowest BCUT2D eigenvalue weighted by Gasteiger charge is -2.23. The molecular formula is C11H16ClNOS. The van der Waals surface area contributed by atoms with Crippen molar-refractivity contribution in [3.8, 4) is 0 Å². The van der Waals surface area contributed by atoms with E-state index in [1.165, 1.54) is 11.3 Å². The molecule has 0 spiro atoms. The summed E-state index contributed by atoms with van der Waals surface area (Å²) in [6, 6.07) is 3.71. The number of rotatable bonds is 5. The second-order valence-electron chi connectivity index (χ2n) is 4.26. The smallest absolute Gasteiger partial charge is 0.261 e. The first-order chi connectivity index (χ1) is 7.05. The van der Waals surface area contributed by atoms with Gasteiger partial charge in [-0.05, 0) is 23.3 Å². The van der Waals surface area contributed by atoms with Gasteiger partial charge in [-0.2, -0.15) is 0 Å². The van der Waals surface area contributed by atoms with Crippen molar-refractivity contribution in [3.05, 3.63) is 22.4 Å². The van der Waals surface area contributed by atoms with Gasteiger partial charge in [0.2, 0.25) is 0 Å². The molecule has 1 N–H and O–H groups in total. The van der Waals surface area contributed by atoms with Crippen molar-refractivity contribution < 1.29 is 4.79 Å². The highest BCUT2D eigenvalue weighted by Gasteiger charge is 2.18. The number of hydrogen-bond acceptors (Lipinski definition) is 2. The molecule has 1 aromatic heterocycles. The predicted molar refractivity (Wildman–Crippen MR) is 65.8 cm³/mol. The number of amides is 1. The third kappa shape index (κ3) is 4.22. The third-order valence-corrected chi connectivity index (χ3v) is 3.30. The zero-order valence-corrected chi connectivity index (χ0v) is 10.6. The lowest BCUT2D eigenvalue weighted by molar-refractivity contribution is 0.0940. The van der Waals surface area contributed by atoms with E-state index in [9.17, 15) is 4.79 Å². The van der Waals surface area contributed by atoms with Crippen LogP contribution in [0, 0.1) is 5.41 Å². The Morgan fingerprint density at radius 1 is 1.60 bits per heavy atom. The second-order valence-corrected chi connectivity index (χ2v) is 5.59. The topological polar surface area (TPSA) is 29.1 Å². The van der Waals surface area contributed by atoms with Crippen molar-refractivity contribution in [1.82, 2.24) is 5.32 Å². The van der Waals surface area contributed by atoms with E-state index in [-0.39, 0.29) is 11.3 Å². The molecule has 0 unspecified atom stereocenters. The summed E-state index contributed by atoms with van der Waals surface area (Å²) in [6.45, 7) is 4.87. The molecule has 4 heteroatoms. The molecule has 0 saturated carbocycles. The maximum absolute atomic E-state index is 11.6. The summed E-state index contributed by atoms with van der Waals surface area (Å²) in [5, 5.41) is 4.82. The SMILES string of the molecule is CC(C)(CCCl)CNC(=O)c1cccs1. The van der Waals surface area contributed by atoms with E-state index in [1.807, 2.05) is 17.5 Å². The molecule has 0 atom stereocenters. The minimum atomic E-state index is 0.00708. The molecule has 0 aromatic carbocycles. The molecule has 0 radical (unpaired) electrons. The number of thiophene rings is 1. The number of carbonyl (C=O) groups excluding carboxylic acids is 1. The molecule has 0 bridgehead atoms. The van der Waals surface area contributed by atoms with Gasteiger partial charge in [0.25, 0.3) is 5.91 Å². The Morgan fingerprint density at radius 2 is 2.33 bits per heavy atom. The van der Waals surface area contributed by atoms with Crippen LogP contribution in [0.15, 0.2) is 17.5 Å². The summed E-state index contributed by atoms with van der Waals surface area (Å²) in [5.74, 6) is 0.634. The summed E-state index contributed by atoms with van der Waals surface area (Å²) < 4.78 is 0. The van der Waals surface area contributed by atoms with Gasteiger partial charge in [0.05, 0.1) is 4.88 Å². The van der Waals surface area contributed by atoms with Gasteiger partial charge in [0, 0.05) is 12.4 Å². The average Bonchev–Trinajstić information content (AvgIpc) is 2.67. The first-order valence-electron chi connectivity index (χ1n) is 4.93. The highest BCUT2D eigenvalue weighted by atomic mass is 35.5. The van der Waals surface area contributed by atoms with E-state index in [2.05, 4.69) is 19.2 Å². The van der Waals surface area contributed by atoms with Crippen LogP contribution < -0.4 is 5.32 Å². The van der Waals surface area contributed by atoms with Gasteiger partial charge in [0.15, 0.2) is 0 Å². The van der Waals surface area contributed by atoms with Gasteiger partial charge in [-0.15, -0.1) is 22.9 Å². The first-order valence-corrected chi connectivity index (χ1v) is 6.34. The Hall–Kier alpha value is -0.540. The highest BCUT2D eigenvalue weighted by molar-refractivity contribution is 7.12. The molecule has 1 amide bonds. The minimum Gasteiger partial charge on any atom is -0.351 e. The lowest BCUT2D eigenvalue weighted by atomic mass is 9.90. The van der Waals surface area contributed by atoms with E-state index >= 15 is 0 Å².